The van der Waals surface area contributed by atoms with Gasteiger partial charge < -0.3 is 14.8 Å². The third-order valence-corrected chi connectivity index (χ3v) is 7.77. The predicted molar refractivity (Wildman–Crippen MR) is 152 cm³/mol. The van der Waals surface area contributed by atoms with Gasteiger partial charge in [-0.15, -0.1) is 0 Å². The summed E-state index contributed by atoms with van der Waals surface area (Å²) in [6.07, 6.45) is -2.39. The van der Waals surface area contributed by atoms with Gasteiger partial charge in [0.15, 0.2) is 0 Å². The number of urea groups is 1. The molecule has 1 N–H and O–H groups in total. The number of hydrogen-bond acceptors (Lipinski definition) is 4. The molecule has 0 saturated carbocycles. The Labute approximate surface area is 243 Å². The number of rotatable bonds is 8. The zero-order valence-corrected chi connectivity index (χ0v) is 23.5. The first-order valence-electron chi connectivity index (χ1n) is 14.1. The highest BCUT2D eigenvalue weighted by Gasteiger charge is 2.39. The fourth-order valence-corrected chi connectivity index (χ4v) is 5.58. The standard InChI is InChI=1S/C33H33F3N2O4/c1-3-41-31(39)29-21(2)38(32(40)37-30(29)25-13-15-26(16-14-25)33(34,35)36)20-28-18-17-27(42-28)19-22-9-11-24(12-10-22)23-7-5-4-6-8-23/h4-16,27-28,30H,3,17-20H2,1-2H3,(H,37,40)/t27-,28-,30?/m0/s1. The first-order chi connectivity index (χ1) is 20.1. The number of halogens is 3. The van der Waals surface area contributed by atoms with Gasteiger partial charge in [0.05, 0.1) is 42.5 Å². The van der Waals surface area contributed by atoms with E-state index in [1.54, 1.807) is 13.8 Å². The fourth-order valence-electron chi connectivity index (χ4n) is 5.58. The number of carbonyl (C=O) groups is 2. The van der Waals surface area contributed by atoms with Gasteiger partial charge in [-0.05, 0) is 67.5 Å². The Balaban J connectivity index is 1.28. The van der Waals surface area contributed by atoms with Gasteiger partial charge >= 0.3 is 18.2 Å². The average Bonchev–Trinajstić information content (AvgIpc) is 3.42. The highest BCUT2D eigenvalue weighted by molar-refractivity contribution is 5.95. The number of amides is 2. The van der Waals surface area contributed by atoms with E-state index in [1.807, 2.05) is 18.2 Å². The van der Waals surface area contributed by atoms with Gasteiger partial charge in [0.1, 0.15) is 0 Å². The molecule has 1 saturated heterocycles. The largest absolute Gasteiger partial charge is 0.463 e. The molecule has 6 nitrogen and oxygen atoms in total. The molecule has 42 heavy (non-hydrogen) atoms. The first kappa shape index (κ1) is 29.4. The van der Waals surface area contributed by atoms with Crippen LogP contribution in [0.2, 0.25) is 0 Å². The lowest BCUT2D eigenvalue weighted by Crippen LogP contribution is -2.50. The SMILES string of the molecule is CCOC(=O)C1=C(C)N(C[C@@H]2CC[C@@H](Cc3ccc(-c4ccccc4)cc3)O2)C(=O)NC1c1ccc(C(F)(F)F)cc1. The summed E-state index contributed by atoms with van der Waals surface area (Å²) in [4.78, 5) is 27.7. The highest BCUT2D eigenvalue weighted by atomic mass is 19.4. The molecule has 0 spiro atoms. The van der Waals surface area contributed by atoms with Crippen molar-refractivity contribution in [3.05, 3.63) is 107 Å². The van der Waals surface area contributed by atoms with Crippen molar-refractivity contribution in [3.8, 4) is 11.1 Å². The first-order valence-corrected chi connectivity index (χ1v) is 14.1. The zero-order chi connectivity index (χ0) is 29.9. The molecule has 5 rings (SSSR count). The minimum atomic E-state index is -4.49. The molecule has 2 aliphatic rings. The van der Waals surface area contributed by atoms with Crippen LogP contribution >= 0.6 is 0 Å². The minimum Gasteiger partial charge on any atom is -0.463 e. The molecule has 1 unspecified atom stereocenters. The van der Waals surface area contributed by atoms with Crippen LogP contribution in [0.1, 0.15) is 49.4 Å². The number of nitrogens with one attached hydrogen (secondary N) is 1. The third-order valence-electron chi connectivity index (χ3n) is 7.77. The molecule has 3 atom stereocenters. The molecule has 3 aromatic carbocycles. The second-order valence-electron chi connectivity index (χ2n) is 10.6. The summed E-state index contributed by atoms with van der Waals surface area (Å²) in [6, 6.07) is 21.6. The van der Waals surface area contributed by atoms with Crippen LogP contribution in [0.25, 0.3) is 11.1 Å². The topological polar surface area (TPSA) is 67.9 Å². The van der Waals surface area contributed by atoms with E-state index in [0.29, 0.717) is 11.3 Å². The van der Waals surface area contributed by atoms with Gasteiger partial charge in [-0.3, -0.25) is 4.90 Å². The lowest BCUT2D eigenvalue weighted by Gasteiger charge is -2.36. The molecule has 0 aromatic heterocycles. The summed E-state index contributed by atoms with van der Waals surface area (Å²) in [5.74, 6) is -0.630. The molecule has 3 aromatic rings. The lowest BCUT2D eigenvalue weighted by molar-refractivity contribution is -0.139. The quantitative estimate of drug-likeness (QED) is 0.291. The van der Waals surface area contributed by atoms with Gasteiger partial charge in [0, 0.05) is 5.70 Å². The molecule has 0 radical (unpaired) electrons. The summed E-state index contributed by atoms with van der Waals surface area (Å²) in [6.45, 7) is 3.68. The molecule has 220 valence electrons. The molecule has 2 amide bonds. The number of allylic oxidation sites excluding steroid dienone is 1. The average molecular weight is 579 g/mol. The number of esters is 1. The van der Waals surface area contributed by atoms with Crippen molar-refractivity contribution in [2.75, 3.05) is 13.2 Å². The maximum atomic E-state index is 13.2. The summed E-state index contributed by atoms with van der Waals surface area (Å²) >= 11 is 0. The van der Waals surface area contributed by atoms with E-state index in [0.717, 1.165) is 48.1 Å². The third kappa shape index (κ3) is 6.51. The summed E-state index contributed by atoms with van der Waals surface area (Å²) < 4.78 is 50.9. The molecule has 0 bridgehead atoms. The molecular weight excluding hydrogens is 545 g/mol. The van der Waals surface area contributed by atoms with Crippen molar-refractivity contribution in [1.29, 1.82) is 0 Å². The Morgan fingerprint density at radius 1 is 0.952 bits per heavy atom. The van der Waals surface area contributed by atoms with Crippen molar-refractivity contribution in [2.45, 2.75) is 57.5 Å². The lowest BCUT2D eigenvalue weighted by atomic mass is 9.94. The Bertz CT molecular complexity index is 1440. The van der Waals surface area contributed by atoms with E-state index in [1.165, 1.54) is 17.0 Å². The van der Waals surface area contributed by atoms with E-state index in [9.17, 15) is 22.8 Å². The molecule has 9 heteroatoms. The number of benzene rings is 3. The summed E-state index contributed by atoms with van der Waals surface area (Å²) in [5, 5.41) is 2.80. The van der Waals surface area contributed by atoms with E-state index in [2.05, 4.69) is 41.7 Å². The minimum absolute atomic E-state index is 0.000800. The van der Waals surface area contributed by atoms with Crippen LogP contribution in [0.5, 0.6) is 0 Å². The number of hydrogen-bond donors (Lipinski definition) is 1. The van der Waals surface area contributed by atoms with Crippen LogP contribution in [-0.2, 0) is 26.9 Å². The van der Waals surface area contributed by atoms with Crippen molar-refractivity contribution < 1.29 is 32.2 Å². The van der Waals surface area contributed by atoms with Gasteiger partial charge in [0.2, 0.25) is 0 Å². The van der Waals surface area contributed by atoms with Gasteiger partial charge in [0.25, 0.3) is 0 Å². The van der Waals surface area contributed by atoms with Crippen LogP contribution in [0, 0.1) is 0 Å². The maximum Gasteiger partial charge on any atom is 0.416 e. The number of alkyl halides is 3. The maximum absolute atomic E-state index is 13.2. The zero-order valence-electron chi connectivity index (χ0n) is 23.5. The molecule has 0 aliphatic carbocycles. The second-order valence-corrected chi connectivity index (χ2v) is 10.6. The van der Waals surface area contributed by atoms with Gasteiger partial charge in [-0.1, -0.05) is 66.7 Å². The highest BCUT2D eigenvalue weighted by Crippen LogP contribution is 2.35. The summed E-state index contributed by atoms with van der Waals surface area (Å²) in [5.41, 5.74) is 3.59. The van der Waals surface area contributed by atoms with Gasteiger partial charge in [-0.2, -0.15) is 13.2 Å². The van der Waals surface area contributed by atoms with Crippen molar-refractivity contribution in [1.82, 2.24) is 10.2 Å². The van der Waals surface area contributed by atoms with Crippen molar-refractivity contribution in [3.63, 3.8) is 0 Å². The van der Waals surface area contributed by atoms with Crippen molar-refractivity contribution in [2.24, 2.45) is 0 Å². The van der Waals surface area contributed by atoms with E-state index in [4.69, 9.17) is 9.47 Å². The molecule has 2 aliphatic heterocycles. The smallest absolute Gasteiger partial charge is 0.416 e. The molecular formula is C33H33F3N2O4. The van der Waals surface area contributed by atoms with Crippen LogP contribution in [0.15, 0.2) is 90.1 Å². The Kier molecular flexibility index (Phi) is 8.68. The normalized spacial score (nSPS) is 20.9. The van der Waals surface area contributed by atoms with Crippen molar-refractivity contribution >= 4 is 12.0 Å². The Morgan fingerprint density at radius 3 is 2.24 bits per heavy atom. The van der Waals surface area contributed by atoms with E-state index < -0.39 is 29.8 Å². The number of ether oxygens (including phenoxy) is 2. The Hall–Kier alpha value is -4.11. The Morgan fingerprint density at radius 2 is 1.60 bits per heavy atom. The van der Waals surface area contributed by atoms with Crippen LogP contribution < -0.4 is 5.32 Å². The van der Waals surface area contributed by atoms with Crippen LogP contribution in [0.3, 0.4) is 0 Å². The van der Waals surface area contributed by atoms with Crippen LogP contribution in [-0.4, -0.2) is 42.3 Å². The predicted octanol–water partition coefficient (Wildman–Crippen LogP) is 7.07. The number of nitrogens with zero attached hydrogens (tertiary/aromatic N) is 1. The second kappa shape index (κ2) is 12.4. The monoisotopic (exact) mass is 578 g/mol. The van der Waals surface area contributed by atoms with Crippen LogP contribution in [0.4, 0.5) is 18.0 Å². The van der Waals surface area contributed by atoms with Gasteiger partial charge in [-0.25, -0.2) is 9.59 Å². The fraction of sp³-hybridized carbons (Fsp3) is 0.333. The molecule has 2 heterocycles. The van der Waals surface area contributed by atoms with E-state index in [-0.39, 0.29) is 30.9 Å². The van der Waals surface area contributed by atoms with E-state index >= 15 is 0 Å². The number of carbonyl (C=O) groups excluding carboxylic acids is 2. The summed E-state index contributed by atoms with van der Waals surface area (Å²) in [7, 11) is 0. The molecule has 1 fully saturated rings.